The molecular weight excluding hydrogens is 178 g/mol. The third-order valence-electron chi connectivity index (χ3n) is 3.14. The van der Waals surface area contributed by atoms with E-state index in [2.05, 4.69) is 13.8 Å². The van der Waals surface area contributed by atoms with Gasteiger partial charge in [0, 0.05) is 26.9 Å². The number of ether oxygens (including phenoxy) is 2. The molecule has 0 radical (unpaired) electrons. The van der Waals surface area contributed by atoms with Gasteiger partial charge in [0.1, 0.15) is 0 Å². The Bertz CT molecular complexity index is 127. The molecule has 0 aromatic heterocycles. The molecule has 0 saturated heterocycles. The lowest BCUT2D eigenvalue weighted by atomic mass is 9.86. The predicted molar refractivity (Wildman–Crippen MR) is 59.4 cm³/mol. The molecule has 0 bridgehead atoms. The summed E-state index contributed by atoms with van der Waals surface area (Å²) in [7, 11) is 3.47. The van der Waals surface area contributed by atoms with Crippen LogP contribution in [-0.2, 0) is 9.47 Å². The van der Waals surface area contributed by atoms with E-state index in [9.17, 15) is 0 Å². The summed E-state index contributed by atoms with van der Waals surface area (Å²) in [4.78, 5) is 0. The standard InChI is InChI=1S/C11H25NO2/c1-5-11(6-2,14-4)10(12)8-7-9-13-3/h10H,5-9,12H2,1-4H3. The van der Waals surface area contributed by atoms with Crippen molar-refractivity contribution in [2.45, 2.75) is 51.2 Å². The molecular formula is C11H25NO2. The van der Waals surface area contributed by atoms with Crippen LogP contribution in [0, 0.1) is 0 Å². The van der Waals surface area contributed by atoms with Gasteiger partial charge >= 0.3 is 0 Å². The van der Waals surface area contributed by atoms with Gasteiger partial charge in [0.2, 0.25) is 0 Å². The van der Waals surface area contributed by atoms with Crippen LogP contribution in [0.1, 0.15) is 39.5 Å². The van der Waals surface area contributed by atoms with Crippen molar-refractivity contribution in [3.63, 3.8) is 0 Å². The third kappa shape index (κ3) is 3.56. The van der Waals surface area contributed by atoms with Gasteiger partial charge in [-0.15, -0.1) is 0 Å². The molecule has 1 unspecified atom stereocenters. The quantitative estimate of drug-likeness (QED) is 0.613. The largest absolute Gasteiger partial charge is 0.385 e. The maximum atomic E-state index is 6.14. The first kappa shape index (κ1) is 13.9. The summed E-state index contributed by atoms with van der Waals surface area (Å²) >= 11 is 0. The Morgan fingerprint density at radius 2 is 1.79 bits per heavy atom. The summed E-state index contributed by atoms with van der Waals surface area (Å²) in [6, 6.07) is 0.109. The molecule has 3 nitrogen and oxygen atoms in total. The molecule has 86 valence electrons. The zero-order chi connectivity index (χ0) is 11.0. The van der Waals surface area contributed by atoms with Crippen LogP contribution in [0.3, 0.4) is 0 Å². The Morgan fingerprint density at radius 1 is 1.21 bits per heavy atom. The van der Waals surface area contributed by atoms with Gasteiger partial charge in [-0.2, -0.15) is 0 Å². The fourth-order valence-electron chi connectivity index (χ4n) is 1.93. The molecule has 1 atom stereocenters. The van der Waals surface area contributed by atoms with Gasteiger partial charge in [-0.3, -0.25) is 0 Å². The number of hydrogen-bond donors (Lipinski definition) is 1. The second kappa shape index (κ2) is 7.21. The van der Waals surface area contributed by atoms with Crippen molar-refractivity contribution in [2.75, 3.05) is 20.8 Å². The van der Waals surface area contributed by atoms with Gasteiger partial charge in [-0.1, -0.05) is 13.8 Å². The Morgan fingerprint density at radius 3 is 2.14 bits per heavy atom. The van der Waals surface area contributed by atoms with Crippen LogP contribution in [0.5, 0.6) is 0 Å². The van der Waals surface area contributed by atoms with Crippen molar-refractivity contribution in [3.05, 3.63) is 0 Å². The molecule has 0 aromatic carbocycles. The molecule has 0 aromatic rings. The van der Waals surface area contributed by atoms with Crippen LogP contribution in [0.2, 0.25) is 0 Å². The average Bonchev–Trinajstić information content (AvgIpc) is 2.22. The molecule has 0 spiro atoms. The lowest BCUT2D eigenvalue weighted by Crippen LogP contribution is -2.48. The first-order valence-corrected chi connectivity index (χ1v) is 5.46. The zero-order valence-corrected chi connectivity index (χ0v) is 10.0. The maximum absolute atomic E-state index is 6.14. The van der Waals surface area contributed by atoms with Crippen LogP contribution in [-0.4, -0.2) is 32.5 Å². The summed E-state index contributed by atoms with van der Waals surface area (Å²) < 4.78 is 10.6. The molecule has 0 aliphatic rings. The van der Waals surface area contributed by atoms with Gasteiger partial charge in [-0.05, 0) is 25.7 Å². The number of hydrogen-bond acceptors (Lipinski definition) is 3. The highest BCUT2D eigenvalue weighted by Gasteiger charge is 2.32. The first-order valence-electron chi connectivity index (χ1n) is 5.46. The third-order valence-corrected chi connectivity index (χ3v) is 3.14. The van der Waals surface area contributed by atoms with Crippen LogP contribution in [0.4, 0.5) is 0 Å². The lowest BCUT2D eigenvalue weighted by Gasteiger charge is -2.36. The Kier molecular flexibility index (Phi) is 7.15. The molecule has 0 aliphatic heterocycles. The highest BCUT2D eigenvalue weighted by atomic mass is 16.5. The number of rotatable bonds is 8. The molecule has 0 aliphatic carbocycles. The highest BCUT2D eigenvalue weighted by Crippen LogP contribution is 2.25. The van der Waals surface area contributed by atoms with Crippen molar-refractivity contribution < 1.29 is 9.47 Å². The van der Waals surface area contributed by atoms with Gasteiger partial charge in [0.05, 0.1) is 5.60 Å². The van der Waals surface area contributed by atoms with E-state index in [0.717, 1.165) is 32.3 Å². The van der Waals surface area contributed by atoms with E-state index in [1.54, 1.807) is 14.2 Å². The highest BCUT2D eigenvalue weighted by molar-refractivity contribution is 4.88. The predicted octanol–water partition coefficient (Wildman–Crippen LogP) is 1.95. The van der Waals surface area contributed by atoms with Crippen LogP contribution in [0.25, 0.3) is 0 Å². The summed E-state index contributed by atoms with van der Waals surface area (Å²) in [5, 5.41) is 0. The molecule has 0 saturated carbocycles. The van der Waals surface area contributed by atoms with Crippen molar-refractivity contribution in [3.8, 4) is 0 Å². The summed E-state index contributed by atoms with van der Waals surface area (Å²) in [5.74, 6) is 0. The Labute approximate surface area is 88.0 Å². The molecule has 0 heterocycles. The van der Waals surface area contributed by atoms with Crippen molar-refractivity contribution in [1.82, 2.24) is 0 Å². The normalized spacial score (nSPS) is 14.4. The summed E-state index contributed by atoms with van der Waals surface area (Å²) in [5.41, 5.74) is 6.00. The summed E-state index contributed by atoms with van der Waals surface area (Å²) in [6.07, 6.45) is 3.90. The second-order valence-electron chi connectivity index (χ2n) is 3.72. The van der Waals surface area contributed by atoms with Crippen molar-refractivity contribution in [2.24, 2.45) is 5.73 Å². The SMILES string of the molecule is CCC(CC)(OC)C(N)CCCOC. The minimum absolute atomic E-state index is 0.109. The van der Waals surface area contributed by atoms with Crippen molar-refractivity contribution in [1.29, 1.82) is 0 Å². The van der Waals surface area contributed by atoms with Gasteiger partial charge in [0.15, 0.2) is 0 Å². The number of nitrogens with two attached hydrogens (primary N) is 1. The van der Waals surface area contributed by atoms with Crippen molar-refractivity contribution >= 4 is 0 Å². The monoisotopic (exact) mass is 203 g/mol. The van der Waals surface area contributed by atoms with Crippen LogP contribution in [0.15, 0.2) is 0 Å². The van der Waals surface area contributed by atoms with E-state index in [4.69, 9.17) is 15.2 Å². The first-order chi connectivity index (χ1) is 6.66. The topological polar surface area (TPSA) is 44.5 Å². The van der Waals surface area contributed by atoms with Gasteiger partial charge in [-0.25, -0.2) is 0 Å². The van der Waals surface area contributed by atoms with E-state index in [1.165, 1.54) is 0 Å². The average molecular weight is 203 g/mol. The van der Waals surface area contributed by atoms with Crippen LogP contribution >= 0.6 is 0 Å². The molecule has 3 heteroatoms. The molecule has 0 amide bonds. The fourth-order valence-corrected chi connectivity index (χ4v) is 1.93. The van der Waals surface area contributed by atoms with E-state index in [0.29, 0.717) is 0 Å². The fraction of sp³-hybridized carbons (Fsp3) is 1.00. The molecule has 0 fully saturated rings. The van der Waals surface area contributed by atoms with E-state index in [-0.39, 0.29) is 11.6 Å². The molecule has 14 heavy (non-hydrogen) atoms. The zero-order valence-electron chi connectivity index (χ0n) is 10.0. The second-order valence-corrected chi connectivity index (χ2v) is 3.72. The van der Waals surface area contributed by atoms with E-state index >= 15 is 0 Å². The Balaban J connectivity index is 4.07. The molecule has 0 rings (SSSR count). The van der Waals surface area contributed by atoms with Gasteiger partial charge < -0.3 is 15.2 Å². The molecule has 2 N–H and O–H groups in total. The van der Waals surface area contributed by atoms with Crippen LogP contribution < -0.4 is 5.73 Å². The van der Waals surface area contributed by atoms with E-state index in [1.807, 2.05) is 0 Å². The maximum Gasteiger partial charge on any atom is 0.0823 e. The minimum atomic E-state index is -0.145. The van der Waals surface area contributed by atoms with E-state index < -0.39 is 0 Å². The smallest absolute Gasteiger partial charge is 0.0823 e. The lowest BCUT2D eigenvalue weighted by molar-refractivity contribution is -0.0407. The van der Waals surface area contributed by atoms with Gasteiger partial charge in [0.25, 0.3) is 0 Å². The Hall–Kier alpha value is -0.120. The minimum Gasteiger partial charge on any atom is -0.385 e. The summed E-state index contributed by atoms with van der Waals surface area (Å²) in [6.45, 7) is 5.04. The number of methoxy groups -OCH3 is 2.